The first-order valence-electron chi connectivity index (χ1n) is 16.8. The second-order valence-electron chi connectivity index (χ2n) is 12.3. The van der Waals surface area contributed by atoms with Gasteiger partial charge in [0.05, 0.1) is 18.5 Å². The molecule has 4 aromatic carbocycles. The van der Waals surface area contributed by atoms with Gasteiger partial charge in [-0.3, -0.25) is 4.57 Å². The van der Waals surface area contributed by atoms with E-state index in [4.69, 9.17) is 30.0 Å². The molecule has 0 radical (unpaired) electrons. The van der Waals surface area contributed by atoms with Crippen LogP contribution in [0.1, 0.15) is 33.3 Å². The van der Waals surface area contributed by atoms with Crippen molar-refractivity contribution in [3.63, 3.8) is 0 Å². The van der Waals surface area contributed by atoms with Crippen LogP contribution in [-0.4, -0.2) is 67.8 Å². The van der Waals surface area contributed by atoms with E-state index in [9.17, 15) is 13.2 Å². The van der Waals surface area contributed by atoms with Crippen molar-refractivity contribution in [3.8, 4) is 0 Å². The third-order valence-corrected chi connectivity index (χ3v) is 10.6. The summed E-state index contributed by atoms with van der Waals surface area (Å²) in [5.74, 6) is -0.732. The molecule has 1 fully saturated rings. The third kappa shape index (κ3) is 6.65. The predicted molar refractivity (Wildman–Crippen MR) is 196 cm³/mol. The highest BCUT2D eigenvalue weighted by atomic mass is 35.5. The van der Waals surface area contributed by atoms with Gasteiger partial charge in [-0.2, -0.15) is 8.42 Å². The van der Waals surface area contributed by atoms with Crippen LogP contribution in [0.3, 0.4) is 0 Å². The number of benzene rings is 4. The summed E-state index contributed by atoms with van der Waals surface area (Å²) in [6.07, 6.45) is 0.983. The number of aromatic nitrogens is 6. The van der Waals surface area contributed by atoms with Crippen molar-refractivity contribution in [2.75, 3.05) is 6.61 Å². The molecule has 15 heteroatoms. The number of nitrogens with zero attached hydrogens (tertiary/aromatic N) is 6. The Morgan fingerprint density at radius 1 is 0.778 bits per heavy atom. The molecule has 0 spiro atoms. The highest BCUT2D eigenvalue weighted by Gasteiger charge is 2.53. The lowest BCUT2D eigenvalue weighted by molar-refractivity contribution is -0.0958. The van der Waals surface area contributed by atoms with Crippen molar-refractivity contribution in [3.05, 3.63) is 180 Å². The van der Waals surface area contributed by atoms with Crippen LogP contribution in [0.15, 0.2) is 153 Å². The predicted octanol–water partition coefficient (Wildman–Crippen LogP) is 5.99. The van der Waals surface area contributed by atoms with E-state index in [0.29, 0.717) is 0 Å². The summed E-state index contributed by atoms with van der Waals surface area (Å²) in [4.78, 5) is 30.4. The van der Waals surface area contributed by atoms with E-state index in [2.05, 4.69) is 19.9 Å². The summed E-state index contributed by atoms with van der Waals surface area (Å²) in [6, 6.07) is 37.4. The van der Waals surface area contributed by atoms with E-state index in [1.165, 1.54) is 29.6 Å². The van der Waals surface area contributed by atoms with Crippen LogP contribution in [0.5, 0.6) is 0 Å². The summed E-state index contributed by atoms with van der Waals surface area (Å²) in [5.41, 5.74) is 1.97. The molecule has 1 aliphatic heterocycles. The fourth-order valence-corrected chi connectivity index (χ4v) is 7.77. The first kappa shape index (κ1) is 35.3. The van der Waals surface area contributed by atoms with Crippen LogP contribution in [0.4, 0.5) is 0 Å². The van der Waals surface area contributed by atoms with Crippen molar-refractivity contribution in [1.82, 2.24) is 28.5 Å². The number of rotatable bonds is 12. The molecule has 3 aromatic heterocycles. The van der Waals surface area contributed by atoms with Crippen LogP contribution in [-0.2, 0) is 34.3 Å². The molecule has 1 saturated heterocycles. The van der Waals surface area contributed by atoms with Gasteiger partial charge in [0.2, 0.25) is 0 Å². The van der Waals surface area contributed by atoms with Gasteiger partial charge in [-0.15, -0.1) is 0 Å². The summed E-state index contributed by atoms with van der Waals surface area (Å²) in [6.45, 7) is -0.213. The second-order valence-corrected chi connectivity index (χ2v) is 14.1. The van der Waals surface area contributed by atoms with Crippen molar-refractivity contribution in [1.29, 1.82) is 0 Å². The molecule has 13 nitrogen and oxygen atoms in total. The number of ether oxygens (including phenoxy) is 3. The highest BCUT2D eigenvalue weighted by Crippen LogP contribution is 2.43. The molecule has 0 amide bonds. The number of esters is 1. The van der Waals surface area contributed by atoms with E-state index in [1.54, 1.807) is 30.3 Å². The normalized spacial score (nSPS) is 18.8. The minimum absolute atomic E-state index is 0.0746. The van der Waals surface area contributed by atoms with E-state index in [-0.39, 0.29) is 28.5 Å². The number of fused-ring (bicyclic) bond motifs is 1. The van der Waals surface area contributed by atoms with Crippen LogP contribution in [0.2, 0.25) is 5.15 Å². The Balaban J connectivity index is 1.26. The zero-order valence-corrected chi connectivity index (χ0v) is 29.8. The van der Waals surface area contributed by atoms with Gasteiger partial charge in [-0.05, 0) is 28.8 Å². The highest BCUT2D eigenvalue weighted by molar-refractivity contribution is 7.85. The molecule has 0 saturated carbocycles. The number of hydrogen-bond acceptors (Lipinski definition) is 11. The van der Waals surface area contributed by atoms with Crippen LogP contribution >= 0.6 is 11.6 Å². The molecule has 0 aliphatic carbocycles. The lowest BCUT2D eigenvalue weighted by atomic mass is 9.80. The van der Waals surface area contributed by atoms with Gasteiger partial charge < -0.3 is 14.2 Å². The largest absolute Gasteiger partial charge is 0.453 e. The third-order valence-electron chi connectivity index (χ3n) is 9.10. The van der Waals surface area contributed by atoms with Gasteiger partial charge in [0.15, 0.2) is 29.2 Å². The van der Waals surface area contributed by atoms with Gasteiger partial charge in [-0.1, -0.05) is 121 Å². The monoisotopic (exact) mass is 762 g/mol. The molecular formula is C39H31ClN6O7S. The molecule has 0 unspecified atom stereocenters. The molecular weight excluding hydrogens is 732 g/mol. The standard InChI is InChI=1S/C39H31ClN6O7S/c40-35-32-36(43-24-42-35)46(26-44-32)37-34(53-54(48,49)45-22-21-41-25-45)33(52-38(47)27-13-5-1-6-14-27)31(51-37)23-50-39(28-15-7-2-8-16-28,29-17-9-3-10-18-29)30-19-11-4-12-20-30/h1-22,24-26,31,33-34,37H,23H2/t31-,33-,34-,37-/m1/s1. The molecule has 272 valence electrons. The Bertz CT molecular complexity index is 2360. The van der Waals surface area contributed by atoms with Crippen molar-refractivity contribution >= 4 is 39.0 Å². The van der Waals surface area contributed by atoms with Crippen molar-refractivity contribution in [2.24, 2.45) is 0 Å². The number of halogens is 1. The molecule has 8 rings (SSSR count). The van der Waals surface area contributed by atoms with Gasteiger partial charge >= 0.3 is 16.3 Å². The number of carbonyl (C=O) groups is 1. The van der Waals surface area contributed by atoms with E-state index < -0.39 is 46.4 Å². The average molecular weight is 763 g/mol. The van der Waals surface area contributed by atoms with Gasteiger partial charge in [0.25, 0.3) is 0 Å². The molecule has 4 heterocycles. The van der Waals surface area contributed by atoms with Crippen molar-refractivity contribution in [2.45, 2.75) is 30.1 Å². The first-order valence-corrected chi connectivity index (χ1v) is 18.6. The molecule has 7 aromatic rings. The summed E-state index contributed by atoms with van der Waals surface area (Å²) in [7, 11) is -4.57. The van der Waals surface area contributed by atoms with Gasteiger partial charge in [0.1, 0.15) is 29.9 Å². The Morgan fingerprint density at radius 2 is 1.37 bits per heavy atom. The topological polar surface area (TPSA) is 150 Å². The maximum absolute atomic E-state index is 13.8. The Kier molecular flexibility index (Phi) is 9.75. The second kappa shape index (κ2) is 14.9. The first-order chi connectivity index (χ1) is 26.3. The molecule has 1 aliphatic rings. The molecule has 4 atom stereocenters. The fraction of sp³-hybridized carbons (Fsp3) is 0.154. The van der Waals surface area contributed by atoms with E-state index in [0.717, 1.165) is 27.0 Å². The average Bonchev–Trinajstić information content (AvgIpc) is 3.98. The van der Waals surface area contributed by atoms with E-state index >= 15 is 0 Å². The quantitative estimate of drug-likeness (QED) is 0.0821. The fourth-order valence-electron chi connectivity index (χ4n) is 6.63. The lowest BCUT2D eigenvalue weighted by Gasteiger charge is -2.37. The maximum atomic E-state index is 13.8. The minimum Gasteiger partial charge on any atom is -0.453 e. The number of imidazole rings is 2. The van der Waals surface area contributed by atoms with Crippen LogP contribution in [0, 0.1) is 0 Å². The SMILES string of the molecule is O=C(O[C@H]1[C@@H](OS(=O)(=O)n2ccnc2)[C@H](n2cnc3c(Cl)ncnc32)O[C@@H]1COC(c1ccccc1)(c1ccccc1)c1ccccc1)c1ccccc1. The van der Waals surface area contributed by atoms with E-state index in [1.807, 2.05) is 91.0 Å². The smallest absolute Gasteiger partial charge is 0.367 e. The Hall–Kier alpha value is -5.77. The zero-order valence-electron chi connectivity index (χ0n) is 28.3. The summed E-state index contributed by atoms with van der Waals surface area (Å²) in [5, 5.41) is 0.0746. The van der Waals surface area contributed by atoms with Crippen LogP contribution < -0.4 is 0 Å². The molecule has 0 N–H and O–H groups in total. The van der Waals surface area contributed by atoms with Crippen LogP contribution in [0.25, 0.3) is 11.2 Å². The zero-order chi connectivity index (χ0) is 37.1. The number of hydrogen-bond donors (Lipinski definition) is 0. The Labute approximate surface area is 315 Å². The minimum atomic E-state index is -4.57. The number of carbonyl (C=O) groups excluding carboxylic acids is 1. The molecule has 0 bridgehead atoms. The van der Waals surface area contributed by atoms with Crippen molar-refractivity contribution < 1.29 is 31.6 Å². The summed E-state index contributed by atoms with van der Waals surface area (Å²) < 4.78 is 55.7. The maximum Gasteiger partial charge on any atom is 0.367 e. The Morgan fingerprint density at radius 3 is 1.94 bits per heavy atom. The summed E-state index contributed by atoms with van der Waals surface area (Å²) >= 11 is 6.36. The lowest BCUT2D eigenvalue weighted by Crippen LogP contribution is -2.43. The van der Waals surface area contributed by atoms with Gasteiger partial charge in [-0.25, -0.2) is 32.9 Å². The van der Waals surface area contributed by atoms with Gasteiger partial charge in [0, 0.05) is 12.4 Å². The molecule has 54 heavy (non-hydrogen) atoms.